The van der Waals surface area contributed by atoms with Crippen molar-refractivity contribution in [3.63, 3.8) is 0 Å². The van der Waals surface area contributed by atoms with Crippen LogP contribution in [0.15, 0.2) is 28.7 Å². The summed E-state index contributed by atoms with van der Waals surface area (Å²) in [5.74, 6) is -1.38. The molecule has 1 N–H and O–H groups in total. The second-order valence-electron chi connectivity index (χ2n) is 3.65. The minimum atomic E-state index is -4.67. The third-order valence-electron chi connectivity index (χ3n) is 2.14. The molecule has 0 atom stereocenters. The number of anilines is 2. The summed E-state index contributed by atoms with van der Waals surface area (Å²) in [6, 6.07) is 6.00. The van der Waals surface area contributed by atoms with Gasteiger partial charge in [-0.05, 0) is 34.1 Å². The van der Waals surface area contributed by atoms with E-state index in [2.05, 4.69) is 31.2 Å². The van der Waals surface area contributed by atoms with Crippen LogP contribution >= 0.6 is 39.1 Å². The highest BCUT2D eigenvalue weighted by molar-refractivity contribution is 9.10. The van der Waals surface area contributed by atoms with Gasteiger partial charge in [0.05, 0.1) is 5.02 Å². The Morgan fingerprint density at radius 2 is 1.80 bits per heavy atom. The molecule has 3 nitrogen and oxygen atoms in total. The third-order valence-corrected chi connectivity index (χ3v) is 3.57. The number of benzene rings is 1. The fourth-order valence-electron chi connectivity index (χ4n) is 1.33. The summed E-state index contributed by atoms with van der Waals surface area (Å²) in [7, 11) is 0. The average molecular weight is 387 g/mol. The van der Waals surface area contributed by atoms with Crippen LogP contribution in [0.5, 0.6) is 0 Å². The van der Waals surface area contributed by atoms with Gasteiger partial charge in [-0.3, -0.25) is 0 Å². The van der Waals surface area contributed by atoms with Gasteiger partial charge in [0.2, 0.25) is 5.82 Å². The molecule has 0 unspecified atom stereocenters. The highest BCUT2D eigenvalue weighted by Crippen LogP contribution is 2.30. The van der Waals surface area contributed by atoms with Crippen molar-refractivity contribution in [2.24, 2.45) is 0 Å². The Bertz CT molecular complexity index is 649. The van der Waals surface area contributed by atoms with Crippen LogP contribution in [0.2, 0.25) is 10.2 Å². The van der Waals surface area contributed by atoms with Gasteiger partial charge in [0.15, 0.2) is 0 Å². The molecule has 9 heteroatoms. The molecular formula is C11H5BrCl2F3N3. The summed E-state index contributed by atoms with van der Waals surface area (Å²) in [6.07, 6.45) is -4.67. The van der Waals surface area contributed by atoms with E-state index in [1.165, 1.54) is 12.1 Å². The second-order valence-corrected chi connectivity index (χ2v) is 5.30. The van der Waals surface area contributed by atoms with Crippen molar-refractivity contribution in [1.29, 1.82) is 0 Å². The lowest BCUT2D eigenvalue weighted by molar-refractivity contribution is -0.144. The maximum Gasteiger partial charge on any atom is 0.451 e. The van der Waals surface area contributed by atoms with E-state index in [9.17, 15) is 13.2 Å². The highest BCUT2D eigenvalue weighted by Gasteiger charge is 2.35. The first-order valence-electron chi connectivity index (χ1n) is 5.09. The van der Waals surface area contributed by atoms with Gasteiger partial charge in [0, 0.05) is 16.2 Å². The maximum absolute atomic E-state index is 12.6. The number of halogens is 6. The van der Waals surface area contributed by atoms with E-state index in [0.717, 1.165) is 0 Å². The van der Waals surface area contributed by atoms with Crippen LogP contribution in [0.25, 0.3) is 0 Å². The summed E-state index contributed by atoms with van der Waals surface area (Å²) in [5, 5.41) is 2.79. The molecule has 0 spiro atoms. The number of nitrogens with one attached hydrogen (secondary N) is 1. The van der Waals surface area contributed by atoms with Gasteiger partial charge in [0.1, 0.15) is 11.0 Å². The molecule has 0 saturated heterocycles. The highest BCUT2D eigenvalue weighted by atomic mass is 79.9. The zero-order chi connectivity index (χ0) is 14.9. The standard InChI is InChI=1S/C11H5BrCl2F3N3/c12-6-2-1-5(3-7(6)13)18-9-4-8(14)19-10(20-9)11(15,16)17/h1-4H,(H,18,19,20). The molecule has 1 aromatic heterocycles. The summed E-state index contributed by atoms with van der Waals surface area (Å²) in [5.41, 5.74) is 0.473. The molecule has 0 aliphatic carbocycles. The van der Waals surface area contributed by atoms with E-state index in [4.69, 9.17) is 23.2 Å². The molecular weight excluding hydrogens is 382 g/mol. The Kier molecular flexibility index (Phi) is 4.41. The van der Waals surface area contributed by atoms with Crippen molar-refractivity contribution in [2.75, 3.05) is 5.32 Å². The molecule has 106 valence electrons. The van der Waals surface area contributed by atoms with Crippen molar-refractivity contribution in [1.82, 2.24) is 9.97 Å². The van der Waals surface area contributed by atoms with Crippen LogP contribution in [0.1, 0.15) is 5.82 Å². The van der Waals surface area contributed by atoms with E-state index in [-0.39, 0.29) is 11.0 Å². The predicted molar refractivity (Wildman–Crippen MR) is 74.5 cm³/mol. The molecule has 0 saturated carbocycles. The number of hydrogen-bond acceptors (Lipinski definition) is 3. The molecule has 0 bridgehead atoms. The number of nitrogens with zero attached hydrogens (tertiary/aromatic N) is 2. The predicted octanol–water partition coefficient (Wildman–Crippen LogP) is 5.31. The first-order chi connectivity index (χ1) is 9.25. The summed E-state index contributed by atoms with van der Waals surface area (Å²) >= 11 is 14.7. The van der Waals surface area contributed by atoms with Crippen LogP contribution in [0.4, 0.5) is 24.7 Å². The average Bonchev–Trinajstić information content (AvgIpc) is 2.32. The molecule has 2 rings (SSSR count). The quantitative estimate of drug-likeness (QED) is 0.711. The molecule has 1 aromatic carbocycles. The molecule has 0 fully saturated rings. The normalized spacial score (nSPS) is 11.5. The van der Waals surface area contributed by atoms with E-state index in [1.54, 1.807) is 12.1 Å². The number of hydrogen-bond donors (Lipinski definition) is 1. The largest absolute Gasteiger partial charge is 0.451 e. The smallest absolute Gasteiger partial charge is 0.340 e. The van der Waals surface area contributed by atoms with Crippen molar-refractivity contribution < 1.29 is 13.2 Å². The van der Waals surface area contributed by atoms with E-state index in [1.807, 2.05) is 0 Å². The van der Waals surface area contributed by atoms with Crippen LogP contribution in [-0.4, -0.2) is 9.97 Å². The van der Waals surface area contributed by atoms with Gasteiger partial charge < -0.3 is 5.32 Å². The molecule has 0 radical (unpaired) electrons. The van der Waals surface area contributed by atoms with Crippen LogP contribution in [0, 0.1) is 0 Å². The maximum atomic E-state index is 12.6. The molecule has 1 heterocycles. The number of alkyl halides is 3. The lowest BCUT2D eigenvalue weighted by Gasteiger charge is -2.10. The zero-order valence-corrected chi connectivity index (χ0v) is 12.6. The Morgan fingerprint density at radius 1 is 1.10 bits per heavy atom. The van der Waals surface area contributed by atoms with Gasteiger partial charge >= 0.3 is 6.18 Å². The van der Waals surface area contributed by atoms with Crippen molar-refractivity contribution in [2.45, 2.75) is 6.18 Å². The monoisotopic (exact) mass is 385 g/mol. The van der Waals surface area contributed by atoms with E-state index >= 15 is 0 Å². The molecule has 0 aliphatic heterocycles. The Hall–Kier alpha value is -1.05. The summed E-state index contributed by atoms with van der Waals surface area (Å²) in [4.78, 5) is 6.50. The van der Waals surface area contributed by atoms with Crippen molar-refractivity contribution in [3.05, 3.63) is 44.7 Å². The SMILES string of the molecule is FC(F)(F)c1nc(Cl)cc(Nc2ccc(Br)c(Cl)c2)n1. The second kappa shape index (κ2) is 5.75. The minimum Gasteiger partial charge on any atom is -0.340 e. The Labute approximate surface area is 130 Å². The van der Waals surface area contributed by atoms with Gasteiger partial charge in [-0.2, -0.15) is 13.2 Å². The first kappa shape index (κ1) is 15.3. The van der Waals surface area contributed by atoms with Crippen LogP contribution in [0.3, 0.4) is 0 Å². The summed E-state index contributed by atoms with van der Waals surface area (Å²) < 4.78 is 38.4. The fourth-order valence-corrected chi connectivity index (χ4v) is 1.94. The lowest BCUT2D eigenvalue weighted by atomic mass is 10.3. The number of rotatable bonds is 2. The molecule has 2 aromatic rings. The zero-order valence-electron chi connectivity index (χ0n) is 9.47. The third kappa shape index (κ3) is 3.74. The van der Waals surface area contributed by atoms with Gasteiger partial charge in [-0.15, -0.1) is 0 Å². The summed E-state index contributed by atoms with van der Waals surface area (Å²) in [6.45, 7) is 0. The van der Waals surface area contributed by atoms with E-state index < -0.39 is 12.0 Å². The van der Waals surface area contributed by atoms with Crippen molar-refractivity contribution >= 4 is 50.6 Å². The molecule has 0 amide bonds. The lowest BCUT2D eigenvalue weighted by Crippen LogP contribution is -2.12. The fraction of sp³-hybridized carbons (Fsp3) is 0.0909. The van der Waals surface area contributed by atoms with Crippen molar-refractivity contribution in [3.8, 4) is 0 Å². The van der Waals surface area contributed by atoms with E-state index in [0.29, 0.717) is 15.2 Å². The first-order valence-corrected chi connectivity index (χ1v) is 6.64. The minimum absolute atomic E-state index is 0.0734. The molecule has 0 aliphatic rings. The van der Waals surface area contributed by atoms with Gasteiger partial charge in [-0.1, -0.05) is 23.2 Å². The van der Waals surface area contributed by atoms with Gasteiger partial charge in [-0.25, -0.2) is 9.97 Å². The van der Waals surface area contributed by atoms with Gasteiger partial charge in [0.25, 0.3) is 0 Å². The topological polar surface area (TPSA) is 37.8 Å². The molecule has 20 heavy (non-hydrogen) atoms. The Balaban J connectivity index is 2.33. The Morgan fingerprint density at radius 3 is 2.40 bits per heavy atom. The number of aromatic nitrogens is 2. The van der Waals surface area contributed by atoms with Crippen LogP contribution < -0.4 is 5.32 Å². The van der Waals surface area contributed by atoms with Crippen LogP contribution in [-0.2, 0) is 6.18 Å².